The Morgan fingerprint density at radius 3 is 2.65 bits per heavy atom. The zero-order chi connectivity index (χ0) is 18.9. The highest BCUT2D eigenvalue weighted by Crippen LogP contribution is 2.30. The predicted molar refractivity (Wildman–Crippen MR) is 111 cm³/mol. The van der Waals surface area contributed by atoms with E-state index in [4.69, 9.17) is 10.5 Å². The molecule has 138 valence electrons. The van der Waals surface area contributed by atoms with E-state index in [0.717, 1.165) is 30.0 Å². The molecule has 1 aromatic carbocycles. The molecule has 3 nitrogen and oxygen atoms in total. The number of pyridine rings is 1. The number of nitrogens with zero attached hydrogens (tertiary/aromatic N) is 1. The van der Waals surface area contributed by atoms with Gasteiger partial charge in [0.25, 0.3) is 0 Å². The molecule has 2 N–H and O–H groups in total. The van der Waals surface area contributed by atoms with E-state index in [1.54, 1.807) is 6.20 Å². The van der Waals surface area contributed by atoms with Crippen molar-refractivity contribution in [2.45, 2.75) is 47.0 Å². The van der Waals surface area contributed by atoms with Crippen molar-refractivity contribution >= 4 is 11.3 Å². The topological polar surface area (TPSA) is 48.1 Å². The Morgan fingerprint density at radius 1 is 1.15 bits per heavy atom. The molecule has 0 saturated carbocycles. The average Bonchev–Trinajstić information content (AvgIpc) is 2.85. The van der Waals surface area contributed by atoms with E-state index >= 15 is 0 Å². The van der Waals surface area contributed by atoms with Gasteiger partial charge in [-0.2, -0.15) is 0 Å². The van der Waals surface area contributed by atoms with Crippen molar-refractivity contribution in [1.82, 2.24) is 4.98 Å². The van der Waals surface area contributed by atoms with E-state index in [2.05, 4.69) is 31.0 Å². The molecule has 0 saturated heterocycles. The molecule has 0 bridgehead atoms. The fourth-order valence-electron chi connectivity index (χ4n) is 2.93. The third kappa shape index (κ3) is 5.48. The van der Waals surface area contributed by atoms with Crippen molar-refractivity contribution in [1.29, 1.82) is 0 Å². The molecule has 2 aromatic rings. The molecule has 1 unspecified atom stereocenters. The molecule has 1 aliphatic rings. The Hall–Kier alpha value is -2.55. The minimum atomic E-state index is 0.556. The van der Waals surface area contributed by atoms with Gasteiger partial charge in [-0.25, -0.2) is 0 Å². The normalized spacial score (nSPS) is 16.5. The summed E-state index contributed by atoms with van der Waals surface area (Å²) in [7, 11) is 0. The number of nitrogen functional groups attached to an aromatic ring is 1. The van der Waals surface area contributed by atoms with Crippen LogP contribution in [-0.2, 0) is 0 Å². The summed E-state index contributed by atoms with van der Waals surface area (Å²) in [4.78, 5) is 4.55. The number of hydrogen-bond acceptors (Lipinski definition) is 3. The third-order valence-electron chi connectivity index (χ3n) is 4.32. The minimum absolute atomic E-state index is 0.556. The first-order valence-electron chi connectivity index (χ1n) is 9.55. The van der Waals surface area contributed by atoms with E-state index in [0.29, 0.717) is 11.6 Å². The molecule has 1 aromatic heterocycles. The number of benzene rings is 1. The van der Waals surface area contributed by atoms with Crippen LogP contribution >= 0.6 is 0 Å². The lowest BCUT2D eigenvalue weighted by Gasteiger charge is -2.09. The summed E-state index contributed by atoms with van der Waals surface area (Å²) in [6, 6.07) is 11.3. The lowest BCUT2D eigenvalue weighted by atomic mass is 10.0. The zero-order valence-corrected chi connectivity index (χ0v) is 16.3. The lowest BCUT2D eigenvalue weighted by molar-refractivity contribution is 0.482. The molecule has 0 aliphatic heterocycles. The molecule has 3 rings (SSSR count). The van der Waals surface area contributed by atoms with E-state index in [-0.39, 0.29) is 0 Å². The van der Waals surface area contributed by atoms with Crippen LogP contribution in [0.15, 0.2) is 60.3 Å². The van der Waals surface area contributed by atoms with Crippen LogP contribution in [0.2, 0.25) is 0 Å². The fraction of sp³-hybridized carbons (Fsp3) is 0.348. The standard InChI is InChI=1S/C21H24N2O.C2H6/c1-3-16-8-7-15(2)11-17(12-16)21-14-20(9-10-23-21)24-19-6-4-5-18(22)13-19;1-2/h4-6,9-15H,3,7-8,22H2,1-2H3;1-2H3. The first-order valence-corrected chi connectivity index (χ1v) is 9.55. The van der Waals surface area contributed by atoms with Crippen LogP contribution in [0.1, 0.15) is 52.7 Å². The SMILES string of the molecule is CC.CCC1=CC(c2cc(Oc3cccc(N)c3)ccn2)=CC(C)CC1. The number of aromatic nitrogens is 1. The van der Waals surface area contributed by atoms with Crippen molar-refractivity contribution in [3.05, 3.63) is 66.0 Å². The van der Waals surface area contributed by atoms with Crippen molar-refractivity contribution < 1.29 is 4.74 Å². The third-order valence-corrected chi connectivity index (χ3v) is 4.32. The van der Waals surface area contributed by atoms with Crippen molar-refractivity contribution in [3.8, 4) is 11.5 Å². The Kier molecular flexibility index (Phi) is 7.46. The van der Waals surface area contributed by atoms with Crippen LogP contribution in [0.5, 0.6) is 11.5 Å². The molecule has 0 amide bonds. The number of nitrogens with two attached hydrogens (primary N) is 1. The van der Waals surface area contributed by atoms with Gasteiger partial charge in [-0.05, 0) is 49.0 Å². The van der Waals surface area contributed by atoms with Crippen LogP contribution in [0.25, 0.3) is 5.57 Å². The summed E-state index contributed by atoms with van der Waals surface area (Å²) in [5.41, 5.74) is 10.1. The van der Waals surface area contributed by atoms with Gasteiger partial charge >= 0.3 is 0 Å². The van der Waals surface area contributed by atoms with E-state index < -0.39 is 0 Å². The molecule has 0 radical (unpaired) electrons. The minimum Gasteiger partial charge on any atom is -0.457 e. The highest BCUT2D eigenvalue weighted by atomic mass is 16.5. The number of hydrogen-bond donors (Lipinski definition) is 1. The van der Waals surface area contributed by atoms with Gasteiger partial charge < -0.3 is 10.5 Å². The van der Waals surface area contributed by atoms with Crippen LogP contribution in [0.4, 0.5) is 5.69 Å². The lowest BCUT2D eigenvalue weighted by Crippen LogP contribution is -1.93. The monoisotopic (exact) mass is 350 g/mol. The van der Waals surface area contributed by atoms with Crippen LogP contribution < -0.4 is 10.5 Å². The van der Waals surface area contributed by atoms with Crippen molar-refractivity contribution in [2.24, 2.45) is 5.92 Å². The molecule has 0 spiro atoms. The molecular formula is C23H30N2O. The molecular weight excluding hydrogens is 320 g/mol. The molecule has 26 heavy (non-hydrogen) atoms. The molecule has 1 atom stereocenters. The van der Waals surface area contributed by atoms with Crippen molar-refractivity contribution in [3.63, 3.8) is 0 Å². The van der Waals surface area contributed by atoms with E-state index in [9.17, 15) is 0 Å². The first kappa shape index (κ1) is 19.8. The van der Waals surface area contributed by atoms with Crippen LogP contribution in [0, 0.1) is 5.92 Å². The number of ether oxygens (including phenoxy) is 1. The smallest absolute Gasteiger partial charge is 0.131 e. The summed E-state index contributed by atoms with van der Waals surface area (Å²) < 4.78 is 5.93. The van der Waals surface area contributed by atoms with Gasteiger partial charge in [0.1, 0.15) is 11.5 Å². The molecule has 3 heteroatoms. The summed E-state index contributed by atoms with van der Waals surface area (Å²) >= 11 is 0. The van der Waals surface area contributed by atoms with Crippen LogP contribution in [-0.4, -0.2) is 4.98 Å². The average molecular weight is 351 g/mol. The first-order chi connectivity index (χ1) is 12.6. The maximum Gasteiger partial charge on any atom is 0.131 e. The van der Waals surface area contributed by atoms with Gasteiger partial charge in [-0.15, -0.1) is 0 Å². The Bertz CT molecular complexity index is 777. The number of anilines is 1. The van der Waals surface area contributed by atoms with Gasteiger partial charge in [0.15, 0.2) is 0 Å². The zero-order valence-electron chi connectivity index (χ0n) is 16.3. The largest absolute Gasteiger partial charge is 0.457 e. The Labute approximate surface area is 157 Å². The Morgan fingerprint density at radius 2 is 1.92 bits per heavy atom. The number of rotatable bonds is 4. The summed E-state index contributed by atoms with van der Waals surface area (Å²) in [6.07, 6.45) is 9.85. The predicted octanol–water partition coefficient (Wildman–Crippen LogP) is 6.63. The highest BCUT2D eigenvalue weighted by molar-refractivity contribution is 5.73. The van der Waals surface area contributed by atoms with Gasteiger partial charge in [0.2, 0.25) is 0 Å². The van der Waals surface area contributed by atoms with E-state index in [1.165, 1.54) is 17.6 Å². The summed E-state index contributed by atoms with van der Waals surface area (Å²) in [6.45, 7) is 8.48. The quantitative estimate of drug-likeness (QED) is 0.629. The van der Waals surface area contributed by atoms with Gasteiger partial charge in [0, 0.05) is 24.0 Å². The highest BCUT2D eigenvalue weighted by Gasteiger charge is 2.12. The van der Waals surface area contributed by atoms with Gasteiger partial charge in [-0.3, -0.25) is 4.98 Å². The van der Waals surface area contributed by atoms with Crippen LogP contribution in [0.3, 0.4) is 0 Å². The number of allylic oxidation sites excluding steroid dienone is 4. The van der Waals surface area contributed by atoms with Gasteiger partial charge in [0.05, 0.1) is 5.69 Å². The summed E-state index contributed by atoms with van der Waals surface area (Å²) in [5.74, 6) is 2.07. The van der Waals surface area contributed by atoms with E-state index in [1.807, 2.05) is 50.2 Å². The fourth-order valence-corrected chi connectivity index (χ4v) is 2.93. The van der Waals surface area contributed by atoms with Gasteiger partial charge in [-0.1, -0.05) is 51.5 Å². The maximum absolute atomic E-state index is 5.93. The second kappa shape index (κ2) is 9.81. The van der Waals surface area contributed by atoms with Crippen molar-refractivity contribution in [2.75, 3.05) is 5.73 Å². The maximum atomic E-state index is 5.93. The Balaban J connectivity index is 0.00000117. The molecule has 1 aliphatic carbocycles. The molecule has 0 fully saturated rings. The molecule has 1 heterocycles. The second-order valence-electron chi connectivity index (χ2n) is 6.35. The summed E-state index contributed by atoms with van der Waals surface area (Å²) in [5, 5.41) is 0. The second-order valence-corrected chi connectivity index (χ2v) is 6.35.